The molecule has 2 aromatic heterocycles. The normalized spacial score (nSPS) is 18.3. The Morgan fingerprint density at radius 1 is 1.08 bits per heavy atom. The summed E-state index contributed by atoms with van der Waals surface area (Å²) in [7, 11) is -3.28. The van der Waals surface area contributed by atoms with Gasteiger partial charge in [-0.2, -0.15) is 0 Å². The summed E-state index contributed by atoms with van der Waals surface area (Å²) in [6, 6.07) is 6.37. The first kappa shape index (κ1) is 27.2. The third-order valence-corrected chi connectivity index (χ3v) is 10.4. The Labute approximate surface area is 228 Å². The Morgan fingerprint density at radius 3 is 2.50 bits per heavy atom. The number of aromatic nitrogens is 3. The first-order chi connectivity index (χ1) is 18.4. The molecule has 0 unspecified atom stereocenters. The van der Waals surface area contributed by atoms with Crippen LogP contribution in [0.4, 0.5) is 5.95 Å². The van der Waals surface area contributed by atoms with Crippen LogP contribution < -0.4 is 9.64 Å². The summed E-state index contributed by atoms with van der Waals surface area (Å²) in [5.41, 5.74) is 3.36. The first-order valence-corrected chi connectivity index (χ1v) is 16.1. The van der Waals surface area contributed by atoms with Crippen LogP contribution in [0.1, 0.15) is 62.5 Å². The Hall–Kier alpha value is -2.34. The molecule has 0 bridgehead atoms. The summed E-state index contributed by atoms with van der Waals surface area (Å²) < 4.78 is 33.9. The molecule has 3 aromatic rings. The number of aliphatic hydroxyl groups is 1. The summed E-state index contributed by atoms with van der Waals surface area (Å²) in [5.74, 6) is 1.14. The number of nitrogens with zero attached hydrogens (tertiary/aromatic N) is 5. The maximum absolute atomic E-state index is 12.4. The van der Waals surface area contributed by atoms with E-state index in [2.05, 4.69) is 40.0 Å². The monoisotopic (exact) mass is 559 g/mol. The summed E-state index contributed by atoms with van der Waals surface area (Å²) in [5, 5.41) is 9.68. The molecule has 0 atom stereocenters. The predicted molar refractivity (Wildman–Crippen MR) is 151 cm³/mol. The molecule has 0 saturated carbocycles. The van der Waals surface area contributed by atoms with Gasteiger partial charge in [0.05, 0.1) is 16.0 Å². The lowest BCUT2D eigenvalue weighted by atomic mass is 9.90. The van der Waals surface area contributed by atoms with Crippen LogP contribution in [-0.2, 0) is 16.4 Å². The Morgan fingerprint density at radius 2 is 1.82 bits per heavy atom. The van der Waals surface area contributed by atoms with Crippen LogP contribution in [0, 0.1) is 0 Å². The highest BCUT2D eigenvalue weighted by Crippen LogP contribution is 2.35. The van der Waals surface area contributed by atoms with E-state index in [0.29, 0.717) is 24.2 Å². The van der Waals surface area contributed by atoms with Crippen LogP contribution in [0.25, 0.3) is 10.2 Å². The van der Waals surface area contributed by atoms with E-state index in [4.69, 9.17) is 14.8 Å². The zero-order valence-corrected chi connectivity index (χ0v) is 23.6. The number of sulfonamides is 1. The number of hydrogen-bond acceptors (Lipinski definition) is 9. The Balaban J connectivity index is 1.15. The quantitative estimate of drug-likeness (QED) is 0.397. The molecular weight excluding hydrogens is 522 g/mol. The van der Waals surface area contributed by atoms with E-state index in [9.17, 15) is 8.42 Å². The summed E-state index contributed by atoms with van der Waals surface area (Å²) in [6.07, 6.45) is 9.81. The molecule has 206 valence electrons. The zero-order valence-electron chi connectivity index (χ0n) is 22.0. The molecule has 5 rings (SSSR count). The Kier molecular flexibility index (Phi) is 8.77. The second-order valence-corrected chi connectivity index (χ2v) is 13.3. The maximum Gasteiger partial charge on any atom is 0.274 e. The van der Waals surface area contributed by atoms with Crippen molar-refractivity contribution in [2.45, 2.75) is 63.9 Å². The fourth-order valence-electron chi connectivity index (χ4n) is 5.31. The second-order valence-electron chi connectivity index (χ2n) is 10.2. The van der Waals surface area contributed by atoms with Gasteiger partial charge in [0.25, 0.3) is 5.19 Å². The van der Waals surface area contributed by atoms with Crippen molar-refractivity contribution in [2.24, 2.45) is 0 Å². The van der Waals surface area contributed by atoms with Gasteiger partial charge in [-0.3, -0.25) is 0 Å². The largest absolute Gasteiger partial charge is 0.467 e. The minimum Gasteiger partial charge on any atom is -0.467 e. The molecule has 2 aliphatic rings. The van der Waals surface area contributed by atoms with Crippen LogP contribution in [0.2, 0.25) is 0 Å². The van der Waals surface area contributed by atoms with Gasteiger partial charge in [0.1, 0.15) is 6.10 Å². The lowest BCUT2D eigenvalue weighted by molar-refractivity contribution is 0.170. The molecule has 9 nitrogen and oxygen atoms in total. The third kappa shape index (κ3) is 6.44. The molecule has 38 heavy (non-hydrogen) atoms. The number of fused-ring (bicyclic) bond motifs is 1. The number of hydrogen-bond donors (Lipinski definition) is 1. The summed E-state index contributed by atoms with van der Waals surface area (Å²) in [4.78, 5) is 16.1. The zero-order chi connectivity index (χ0) is 26.5. The van der Waals surface area contributed by atoms with Crippen LogP contribution in [0.3, 0.4) is 0 Å². The van der Waals surface area contributed by atoms with Crippen molar-refractivity contribution in [3.8, 4) is 5.19 Å². The van der Waals surface area contributed by atoms with E-state index >= 15 is 0 Å². The maximum atomic E-state index is 12.4. The van der Waals surface area contributed by atoms with Gasteiger partial charge in [0.2, 0.25) is 16.0 Å². The number of anilines is 1. The van der Waals surface area contributed by atoms with E-state index in [1.165, 1.54) is 11.1 Å². The van der Waals surface area contributed by atoms with Gasteiger partial charge in [-0.1, -0.05) is 30.7 Å². The number of aliphatic hydroxyl groups excluding tert-OH is 1. The van der Waals surface area contributed by atoms with Crippen molar-refractivity contribution >= 4 is 37.5 Å². The number of piperidine rings is 2. The Bertz CT molecular complexity index is 1300. The first-order valence-electron chi connectivity index (χ1n) is 13.7. The number of rotatable bonds is 10. The molecule has 4 heterocycles. The summed E-state index contributed by atoms with van der Waals surface area (Å²) in [6.45, 7) is 4.84. The van der Waals surface area contributed by atoms with E-state index in [1.54, 1.807) is 15.6 Å². The molecule has 0 radical (unpaired) electrons. The van der Waals surface area contributed by atoms with E-state index in [0.717, 1.165) is 67.8 Å². The lowest BCUT2D eigenvalue weighted by Gasteiger charge is -2.31. The highest BCUT2D eigenvalue weighted by Gasteiger charge is 2.29. The van der Waals surface area contributed by atoms with Crippen LogP contribution >= 0.6 is 11.3 Å². The highest BCUT2D eigenvalue weighted by atomic mass is 32.2. The van der Waals surface area contributed by atoms with Gasteiger partial charge in [-0.05, 0) is 54.9 Å². The average Bonchev–Trinajstić information content (AvgIpc) is 3.34. The van der Waals surface area contributed by atoms with Crippen molar-refractivity contribution < 1.29 is 18.3 Å². The molecule has 0 spiro atoms. The van der Waals surface area contributed by atoms with E-state index < -0.39 is 10.0 Å². The smallest absolute Gasteiger partial charge is 0.274 e. The molecular formula is C27H37N5O4S2. The van der Waals surface area contributed by atoms with Gasteiger partial charge < -0.3 is 14.7 Å². The average molecular weight is 560 g/mol. The highest BCUT2D eigenvalue weighted by molar-refractivity contribution is 7.89. The SMILES string of the molecule is CCCc1cnc(N2CCC(Oc3nc4ccc(C5CCN(S(=O)(=O)CCCO)CC5)cc4s3)CC2)nc1. The van der Waals surface area contributed by atoms with Gasteiger partial charge >= 0.3 is 0 Å². The number of ether oxygens (including phenoxy) is 1. The fourth-order valence-corrected chi connectivity index (χ4v) is 7.76. The lowest BCUT2D eigenvalue weighted by Crippen LogP contribution is -2.39. The van der Waals surface area contributed by atoms with Gasteiger partial charge in [0, 0.05) is 58.0 Å². The second kappa shape index (κ2) is 12.2. The van der Waals surface area contributed by atoms with Crippen LogP contribution in [-0.4, -0.2) is 77.4 Å². The predicted octanol–water partition coefficient (Wildman–Crippen LogP) is 3.98. The minimum absolute atomic E-state index is 0.0166. The van der Waals surface area contributed by atoms with Crippen molar-refractivity contribution in [1.82, 2.24) is 19.3 Å². The topological polar surface area (TPSA) is 109 Å². The third-order valence-electron chi connectivity index (χ3n) is 7.49. The van der Waals surface area contributed by atoms with Crippen molar-refractivity contribution in [2.75, 3.05) is 43.4 Å². The van der Waals surface area contributed by atoms with E-state index in [-0.39, 0.29) is 24.9 Å². The standard InChI is InChI=1S/C27H37N5O4S2/c1-2-4-20-18-28-26(29-19-20)31-11-9-23(10-12-31)36-27-30-24-6-5-22(17-25(24)37-27)21-7-13-32(14-8-21)38(34,35)16-3-15-33/h5-6,17-19,21,23,33H,2-4,7-16H2,1H3. The van der Waals surface area contributed by atoms with Crippen molar-refractivity contribution in [3.05, 3.63) is 41.7 Å². The number of thiazole rings is 1. The molecule has 2 fully saturated rings. The molecule has 2 aliphatic heterocycles. The number of benzene rings is 1. The molecule has 1 N–H and O–H groups in total. The van der Waals surface area contributed by atoms with Gasteiger partial charge in [-0.15, -0.1) is 0 Å². The fraction of sp³-hybridized carbons (Fsp3) is 0.593. The molecule has 1 aromatic carbocycles. The van der Waals surface area contributed by atoms with Crippen molar-refractivity contribution in [3.63, 3.8) is 0 Å². The minimum atomic E-state index is -3.28. The molecule has 11 heteroatoms. The molecule has 0 aliphatic carbocycles. The van der Waals surface area contributed by atoms with Gasteiger partial charge in [-0.25, -0.2) is 27.7 Å². The van der Waals surface area contributed by atoms with Crippen LogP contribution in [0.5, 0.6) is 5.19 Å². The van der Waals surface area contributed by atoms with E-state index in [1.807, 2.05) is 12.4 Å². The molecule has 0 amide bonds. The van der Waals surface area contributed by atoms with Gasteiger partial charge in [0.15, 0.2) is 0 Å². The van der Waals surface area contributed by atoms with Crippen molar-refractivity contribution in [1.29, 1.82) is 0 Å². The van der Waals surface area contributed by atoms with Crippen LogP contribution in [0.15, 0.2) is 30.6 Å². The molecule has 2 saturated heterocycles. The summed E-state index contributed by atoms with van der Waals surface area (Å²) >= 11 is 1.58. The number of aryl methyl sites for hydroxylation is 1.